The van der Waals surface area contributed by atoms with Crippen molar-refractivity contribution in [1.29, 1.82) is 0 Å². The molecule has 0 aliphatic carbocycles. The Morgan fingerprint density at radius 3 is 2.71 bits per heavy atom. The molecule has 3 aromatic rings. The largest absolute Gasteiger partial charge is 0.481 e. The van der Waals surface area contributed by atoms with Gasteiger partial charge in [-0.2, -0.15) is 0 Å². The van der Waals surface area contributed by atoms with E-state index in [0.29, 0.717) is 16.1 Å². The van der Waals surface area contributed by atoms with E-state index in [9.17, 15) is 0 Å². The normalized spacial score (nSPS) is 10.6. The van der Waals surface area contributed by atoms with Gasteiger partial charge in [0.2, 0.25) is 5.88 Å². The average molecular weight is 321 g/mol. The van der Waals surface area contributed by atoms with Crippen LogP contribution < -0.4 is 4.74 Å². The van der Waals surface area contributed by atoms with Crippen molar-refractivity contribution in [3.63, 3.8) is 0 Å². The van der Waals surface area contributed by atoms with Crippen LogP contribution in [0.2, 0.25) is 10.2 Å². The number of ether oxygens (including phenoxy) is 1. The Labute approximate surface area is 131 Å². The van der Waals surface area contributed by atoms with Gasteiger partial charge in [-0.25, -0.2) is 9.67 Å². The molecule has 0 N–H and O–H groups in total. The molecule has 0 spiro atoms. The van der Waals surface area contributed by atoms with E-state index < -0.39 is 0 Å². The zero-order valence-corrected chi connectivity index (χ0v) is 12.5. The summed E-state index contributed by atoms with van der Waals surface area (Å²) in [7, 11) is 1.57. The number of nitrogens with zero attached hydrogens (tertiary/aromatic N) is 4. The zero-order chi connectivity index (χ0) is 14.8. The second-order valence-corrected chi connectivity index (χ2v) is 5.06. The smallest absolute Gasteiger partial charge is 0.213 e. The number of hydrogen-bond acceptors (Lipinski definition) is 4. The molecule has 0 fully saturated rings. The maximum absolute atomic E-state index is 6.11. The van der Waals surface area contributed by atoms with Crippen LogP contribution in [0.15, 0.2) is 42.7 Å². The van der Waals surface area contributed by atoms with Gasteiger partial charge in [0.15, 0.2) is 5.15 Å². The monoisotopic (exact) mass is 320 g/mol. The van der Waals surface area contributed by atoms with Gasteiger partial charge in [0.25, 0.3) is 0 Å². The lowest BCUT2D eigenvalue weighted by Crippen LogP contribution is -1.98. The van der Waals surface area contributed by atoms with E-state index >= 15 is 0 Å². The van der Waals surface area contributed by atoms with Crippen molar-refractivity contribution in [3.05, 3.63) is 52.9 Å². The van der Waals surface area contributed by atoms with E-state index in [1.165, 1.54) is 0 Å². The minimum Gasteiger partial charge on any atom is -0.481 e. The van der Waals surface area contributed by atoms with Crippen LogP contribution in [-0.2, 0) is 0 Å². The van der Waals surface area contributed by atoms with Crippen LogP contribution in [0.1, 0.15) is 0 Å². The topological polar surface area (TPSA) is 52.8 Å². The Morgan fingerprint density at radius 1 is 1.14 bits per heavy atom. The van der Waals surface area contributed by atoms with Crippen LogP contribution in [0.5, 0.6) is 5.88 Å². The summed E-state index contributed by atoms with van der Waals surface area (Å²) in [5, 5.41) is 8.72. The predicted octanol–water partition coefficient (Wildman–Crippen LogP) is 3.64. The van der Waals surface area contributed by atoms with Crippen LogP contribution in [0.25, 0.3) is 16.8 Å². The van der Waals surface area contributed by atoms with E-state index in [4.69, 9.17) is 27.9 Å². The van der Waals surface area contributed by atoms with Gasteiger partial charge in [0, 0.05) is 22.8 Å². The van der Waals surface area contributed by atoms with Gasteiger partial charge in [-0.05, 0) is 29.8 Å². The highest BCUT2D eigenvalue weighted by Crippen LogP contribution is 2.30. The molecule has 0 aliphatic rings. The Balaban J connectivity index is 2.18. The number of halogens is 2. The van der Waals surface area contributed by atoms with E-state index in [2.05, 4.69) is 15.3 Å². The van der Waals surface area contributed by atoms with Crippen molar-refractivity contribution in [3.8, 4) is 22.7 Å². The summed E-state index contributed by atoms with van der Waals surface area (Å²) in [6, 6.07) is 9.19. The fourth-order valence-electron chi connectivity index (χ4n) is 1.99. The highest BCUT2D eigenvalue weighted by molar-refractivity contribution is 6.31. The molecule has 1 aromatic carbocycles. The first-order valence-corrected chi connectivity index (χ1v) is 6.81. The van der Waals surface area contributed by atoms with Crippen molar-refractivity contribution < 1.29 is 4.74 Å². The van der Waals surface area contributed by atoms with E-state index in [-0.39, 0.29) is 0 Å². The Morgan fingerprint density at radius 2 is 2.00 bits per heavy atom. The van der Waals surface area contributed by atoms with Crippen molar-refractivity contribution in [2.24, 2.45) is 0 Å². The van der Waals surface area contributed by atoms with Gasteiger partial charge in [0.05, 0.1) is 19.0 Å². The number of hydrogen-bond donors (Lipinski definition) is 0. The zero-order valence-electron chi connectivity index (χ0n) is 11.0. The Kier molecular flexibility index (Phi) is 3.77. The SMILES string of the molecule is COc1cc(-c2cc(Cl)ccc2-n2cc(Cl)nn2)ccn1. The summed E-state index contributed by atoms with van der Waals surface area (Å²) in [4.78, 5) is 4.10. The number of methoxy groups -OCH3 is 1. The Hall–Kier alpha value is -2.11. The fraction of sp³-hybridized carbons (Fsp3) is 0.0714. The van der Waals surface area contributed by atoms with E-state index in [0.717, 1.165) is 16.8 Å². The molecular weight excluding hydrogens is 311 g/mol. The molecule has 0 radical (unpaired) electrons. The molecule has 0 atom stereocenters. The quantitative estimate of drug-likeness (QED) is 0.739. The summed E-state index contributed by atoms with van der Waals surface area (Å²) in [6.07, 6.45) is 3.31. The lowest BCUT2D eigenvalue weighted by Gasteiger charge is -2.10. The summed E-state index contributed by atoms with van der Waals surface area (Å²) in [5.41, 5.74) is 2.60. The molecule has 2 aromatic heterocycles. The van der Waals surface area contributed by atoms with Crippen LogP contribution in [-0.4, -0.2) is 27.1 Å². The minimum absolute atomic E-state index is 0.322. The lowest BCUT2D eigenvalue weighted by atomic mass is 10.0. The van der Waals surface area contributed by atoms with Crippen LogP contribution in [0, 0.1) is 0 Å². The molecule has 7 heteroatoms. The molecule has 0 unspecified atom stereocenters. The van der Waals surface area contributed by atoms with Crippen LogP contribution in [0.3, 0.4) is 0 Å². The highest BCUT2D eigenvalue weighted by Gasteiger charge is 2.11. The van der Waals surface area contributed by atoms with Gasteiger partial charge >= 0.3 is 0 Å². The molecule has 106 valence electrons. The summed E-state index contributed by atoms with van der Waals surface area (Å²) in [5.74, 6) is 0.523. The van der Waals surface area contributed by atoms with Gasteiger partial charge in [-0.3, -0.25) is 0 Å². The van der Waals surface area contributed by atoms with Crippen LogP contribution >= 0.6 is 23.2 Å². The molecular formula is C14H10Cl2N4O. The molecule has 0 amide bonds. The van der Waals surface area contributed by atoms with Crippen LogP contribution in [0.4, 0.5) is 0 Å². The molecule has 2 heterocycles. The average Bonchev–Trinajstić information content (AvgIpc) is 2.93. The first-order valence-electron chi connectivity index (χ1n) is 6.05. The highest BCUT2D eigenvalue weighted by atomic mass is 35.5. The molecule has 5 nitrogen and oxygen atoms in total. The third-order valence-electron chi connectivity index (χ3n) is 2.93. The third-order valence-corrected chi connectivity index (χ3v) is 3.33. The van der Waals surface area contributed by atoms with Crippen molar-refractivity contribution in [1.82, 2.24) is 20.0 Å². The maximum atomic E-state index is 6.11. The number of benzene rings is 1. The maximum Gasteiger partial charge on any atom is 0.213 e. The third kappa shape index (κ3) is 2.84. The predicted molar refractivity (Wildman–Crippen MR) is 81.2 cm³/mol. The molecule has 0 saturated carbocycles. The number of aromatic nitrogens is 4. The van der Waals surface area contributed by atoms with Gasteiger partial charge in [-0.1, -0.05) is 28.4 Å². The number of pyridine rings is 1. The number of rotatable bonds is 3. The second-order valence-electron chi connectivity index (χ2n) is 4.23. The summed E-state index contributed by atoms with van der Waals surface area (Å²) < 4.78 is 6.75. The molecule has 0 bridgehead atoms. The molecule has 3 rings (SSSR count). The first kappa shape index (κ1) is 13.9. The Bertz CT molecular complexity index is 788. The lowest BCUT2D eigenvalue weighted by molar-refractivity contribution is 0.398. The van der Waals surface area contributed by atoms with Gasteiger partial charge in [0.1, 0.15) is 0 Å². The first-order chi connectivity index (χ1) is 10.2. The summed E-state index contributed by atoms with van der Waals surface area (Å²) >= 11 is 12.0. The van der Waals surface area contributed by atoms with Crippen molar-refractivity contribution in [2.45, 2.75) is 0 Å². The fourth-order valence-corrected chi connectivity index (χ4v) is 2.29. The van der Waals surface area contributed by atoms with Gasteiger partial charge in [-0.15, -0.1) is 5.10 Å². The van der Waals surface area contributed by atoms with Crippen molar-refractivity contribution >= 4 is 23.2 Å². The van der Waals surface area contributed by atoms with E-state index in [1.807, 2.05) is 24.3 Å². The van der Waals surface area contributed by atoms with Gasteiger partial charge < -0.3 is 4.74 Å². The summed E-state index contributed by atoms with van der Waals surface area (Å²) in [6.45, 7) is 0. The standard InChI is InChI=1S/C14H10Cl2N4O/c1-21-14-6-9(4-5-17-14)11-7-10(15)2-3-12(11)20-8-13(16)18-19-20/h2-8H,1H3. The minimum atomic E-state index is 0.322. The molecule has 0 aliphatic heterocycles. The van der Waals surface area contributed by atoms with E-state index in [1.54, 1.807) is 30.3 Å². The second kappa shape index (κ2) is 5.71. The van der Waals surface area contributed by atoms with Crippen molar-refractivity contribution in [2.75, 3.05) is 7.11 Å². The molecule has 0 saturated heterocycles. The molecule has 21 heavy (non-hydrogen) atoms.